The summed E-state index contributed by atoms with van der Waals surface area (Å²) in [7, 11) is 0. The SMILES string of the molecule is CC1CN(Cc2cc(Br)cs2)CC(C)O1. The van der Waals surface area contributed by atoms with E-state index in [4.69, 9.17) is 4.74 Å². The largest absolute Gasteiger partial charge is 0.373 e. The van der Waals surface area contributed by atoms with E-state index in [-0.39, 0.29) is 0 Å². The molecule has 1 saturated heterocycles. The van der Waals surface area contributed by atoms with Gasteiger partial charge in [-0.3, -0.25) is 4.90 Å². The molecule has 0 aromatic carbocycles. The average Bonchev–Trinajstić information content (AvgIpc) is 2.49. The highest BCUT2D eigenvalue weighted by molar-refractivity contribution is 9.10. The molecule has 2 nitrogen and oxygen atoms in total. The second-order valence-electron chi connectivity index (χ2n) is 4.18. The van der Waals surface area contributed by atoms with E-state index in [0.717, 1.165) is 19.6 Å². The summed E-state index contributed by atoms with van der Waals surface area (Å²) >= 11 is 5.30. The lowest BCUT2D eigenvalue weighted by atomic mass is 10.2. The second-order valence-corrected chi connectivity index (χ2v) is 6.09. The molecule has 1 aromatic heterocycles. The number of morpholine rings is 1. The van der Waals surface area contributed by atoms with Crippen LogP contribution in [0.3, 0.4) is 0 Å². The predicted molar refractivity (Wildman–Crippen MR) is 67.3 cm³/mol. The van der Waals surface area contributed by atoms with Crippen LogP contribution in [0, 0.1) is 0 Å². The van der Waals surface area contributed by atoms with E-state index >= 15 is 0 Å². The fourth-order valence-corrected chi connectivity index (χ4v) is 3.56. The molecule has 1 aromatic rings. The molecule has 0 radical (unpaired) electrons. The maximum absolute atomic E-state index is 5.71. The minimum Gasteiger partial charge on any atom is -0.373 e. The summed E-state index contributed by atoms with van der Waals surface area (Å²) in [6, 6.07) is 2.20. The first-order chi connectivity index (χ1) is 7.13. The monoisotopic (exact) mass is 289 g/mol. The van der Waals surface area contributed by atoms with E-state index in [2.05, 4.69) is 46.1 Å². The summed E-state index contributed by atoms with van der Waals surface area (Å²) in [5.74, 6) is 0. The fourth-order valence-electron chi connectivity index (χ4n) is 2.07. The first-order valence-electron chi connectivity index (χ1n) is 5.24. The van der Waals surface area contributed by atoms with Gasteiger partial charge in [-0.15, -0.1) is 11.3 Å². The Morgan fingerprint density at radius 3 is 2.67 bits per heavy atom. The molecule has 0 amide bonds. The van der Waals surface area contributed by atoms with Gasteiger partial charge < -0.3 is 4.74 Å². The van der Waals surface area contributed by atoms with Crippen molar-refractivity contribution in [3.05, 3.63) is 20.8 Å². The van der Waals surface area contributed by atoms with Gasteiger partial charge in [0.05, 0.1) is 12.2 Å². The van der Waals surface area contributed by atoms with Crippen LogP contribution in [0.15, 0.2) is 15.9 Å². The molecule has 1 fully saturated rings. The molecule has 2 rings (SSSR count). The van der Waals surface area contributed by atoms with Gasteiger partial charge in [-0.25, -0.2) is 0 Å². The third-order valence-electron chi connectivity index (χ3n) is 2.50. The fraction of sp³-hybridized carbons (Fsp3) is 0.636. The van der Waals surface area contributed by atoms with E-state index in [1.165, 1.54) is 9.35 Å². The normalized spacial score (nSPS) is 28.2. The van der Waals surface area contributed by atoms with Crippen molar-refractivity contribution in [3.63, 3.8) is 0 Å². The molecule has 0 saturated carbocycles. The maximum Gasteiger partial charge on any atom is 0.0678 e. The molecule has 2 atom stereocenters. The molecule has 1 aliphatic rings. The van der Waals surface area contributed by atoms with E-state index in [1.54, 1.807) is 0 Å². The van der Waals surface area contributed by atoms with Gasteiger partial charge in [0.1, 0.15) is 0 Å². The quantitative estimate of drug-likeness (QED) is 0.830. The highest BCUT2D eigenvalue weighted by atomic mass is 79.9. The molecule has 0 bridgehead atoms. The number of nitrogens with zero attached hydrogens (tertiary/aromatic N) is 1. The van der Waals surface area contributed by atoms with Crippen LogP contribution in [-0.4, -0.2) is 30.2 Å². The maximum atomic E-state index is 5.71. The van der Waals surface area contributed by atoms with E-state index < -0.39 is 0 Å². The lowest BCUT2D eigenvalue weighted by Crippen LogP contribution is -2.44. The molecule has 15 heavy (non-hydrogen) atoms. The summed E-state index contributed by atoms with van der Waals surface area (Å²) < 4.78 is 6.90. The molecule has 84 valence electrons. The van der Waals surface area contributed by atoms with Crippen LogP contribution in [0.5, 0.6) is 0 Å². The van der Waals surface area contributed by atoms with Gasteiger partial charge in [-0.2, -0.15) is 0 Å². The van der Waals surface area contributed by atoms with Crippen LogP contribution in [-0.2, 0) is 11.3 Å². The Morgan fingerprint density at radius 2 is 2.13 bits per heavy atom. The number of ether oxygens (including phenoxy) is 1. The van der Waals surface area contributed by atoms with Crippen molar-refractivity contribution >= 4 is 27.3 Å². The third-order valence-corrected chi connectivity index (χ3v) is 4.18. The molecule has 0 N–H and O–H groups in total. The van der Waals surface area contributed by atoms with Gasteiger partial charge >= 0.3 is 0 Å². The van der Waals surface area contributed by atoms with E-state index in [1.807, 2.05) is 11.3 Å². The Kier molecular flexibility index (Phi) is 3.83. The number of hydrogen-bond acceptors (Lipinski definition) is 3. The van der Waals surface area contributed by atoms with Gasteiger partial charge in [-0.05, 0) is 35.8 Å². The smallest absolute Gasteiger partial charge is 0.0678 e. The topological polar surface area (TPSA) is 12.5 Å². The molecule has 2 unspecified atom stereocenters. The Morgan fingerprint density at radius 1 is 1.47 bits per heavy atom. The molecule has 2 heterocycles. The second kappa shape index (κ2) is 4.95. The van der Waals surface area contributed by atoms with Gasteiger partial charge in [-0.1, -0.05) is 0 Å². The lowest BCUT2D eigenvalue weighted by Gasteiger charge is -2.34. The predicted octanol–water partition coefficient (Wildman–Crippen LogP) is 3.12. The van der Waals surface area contributed by atoms with Gasteiger partial charge in [0.25, 0.3) is 0 Å². The Bertz CT molecular complexity index is 318. The minimum absolute atomic E-state index is 0.358. The zero-order valence-electron chi connectivity index (χ0n) is 9.07. The van der Waals surface area contributed by atoms with Crippen molar-refractivity contribution in [2.75, 3.05) is 13.1 Å². The summed E-state index contributed by atoms with van der Waals surface area (Å²) in [4.78, 5) is 3.89. The third kappa shape index (κ3) is 3.28. The van der Waals surface area contributed by atoms with Crippen LogP contribution in [0.1, 0.15) is 18.7 Å². The van der Waals surface area contributed by atoms with Crippen LogP contribution >= 0.6 is 27.3 Å². The molecule has 4 heteroatoms. The zero-order chi connectivity index (χ0) is 10.8. The summed E-state index contributed by atoms with van der Waals surface area (Å²) in [5.41, 5.74) is 0. The van der Waals surface area contributed by atoms with Crippen molar-refractivity contribution in [2.24, 2.45) is 0 Å². The highest BCUT2D eigenvalue weighted by Crippen LogP contribution is 2.22. The Labute approximate surface area is 103 Å². The van der Waals surface area contributed by atoms with E-state index in [9.17, 15) is 0 Å². The van der Waals surface area contributed by atoms with Gasteiger partial charge in [0.15, 0.2) is 0 Å². The number of rotatable bonds is 2. The van der Waals surface area contributed by atoms with Crippen molar-refractivity contribution in [3.8, 4) is 0 Å². The average molecular weight is 290 g/mol. The van der Waals surface area contributed by atoms with Gasteiger partial charge in [0, 0.05) is 34.4 Å². The number of thiophene rings is 1. The van der Waals surface area contributed by atoms with Gasteiger partial charge in [0.2, 0.25) is 0 Å². The molecule has 0 spiro atoms. The van der Waals surface area contributed by atoms with E-state index in [0.29, 0.717) is 12.2 Å². The summed E-state index contributed by atoms with van der Waals surface area (Å²) in [5, 5.41) is 2.14. The van der Waals surface area contributed by atoms with Crippen LogP contribution < -0.4 is 0 Å². The summed E-state index contributed by atoms with van der Waals surface area (Å²) in [6.45, 7) is 7.42. The van der Waals surface area contributed by atoms with Crippen LogP contribution in [0.25, 0.3) is 0 Å². The number of hydrogen-bond donors (Lipinski definition) is 0. The van der Waals surface area contributed by atoms with Crippen molar-refractivity contribution in [2.45, 2.75) is 32.6 Å². The standard InChI is InChI=1S/C11H16BrNOS/c1-8-4-13(5-9(2)14-8)6-11-3-10(12)7-15-11/h3,7-9H,4-6H2,1-2H3. The van der Waals surface area contributed by atoms with Crippen LogP contribution in [0.2, 0.25) is 0 Å². The van der Waals surface area contributed by atoms with Crippen molar-refractivity contribution in [1.29, 1.82) is 0 Å². The highest BCUT2D eigenvalue weighted by Gasteiger charge is 2.22. The first-order valence-corrected chi connectivity index (χ1v) is 6.91. The minimum atomic E-state index is 0.358. The number of halogens is 1. The van der Waals surface area contributed by atoms with Crippen LogP contribution in [0.4, 0.5) is 0 Å². The summed E-state index contributed by atoms with van der Waals surface area (Å²) in [6.07, 6.45) is 0.717. The Hall–Kier alpha value is 0.1000. The Balaban J connectivity index is 1.94. The first kappa shape index (κ1) is 11.6. The van der Waals surface area contributed by atoms with Crippen molar-refractivity contribution in [1.82, 2.24) is 4.90 Å². The zero-order valence-corrected chi connectivity index (χ0v) is 11.5. The molecule has 0 aliphatic carbocycles. The molecular formula is C11H16BrNOS. The lowest BCUT2D eigenvalue weighted by molar-refractivity contribution is -0.0702. The molecular weight excluding hydrogens is 274 g/mol. The van der Waals surface area contributed by atoms with Crippen molar-refractivity contribution < 1.29 is 4.74 Å². The molecule has 1 aliphatic heterocycles.